The zero-order valence-corrected chi connectivity index (χ0v) is 20.5. The number of nitrogens with one attached hydrogen (secondary N) is 1. The molecule has 10 nitrogen and oxygen atoms in total. The predicted octanol–water partition coefficient (Wildman–Crippen LogP) is 2.35. The van der Waals surface area contributed by atoms with E-state index in [4.69, 9.17) is 5.73 Å². The highest BCUT2D eigenvalue weighted by atomic mass is 19.4. The lowest BCUT2D eigenvalue weighted by molar-refractivity contribution is -0.137. The number of aromatic nitrogens is 2. The minimum Gasteiger partial charge on any atom is -0.371 e. The Morgan fingerprint density at radius 3 is 2.32 bits per heavy atom. The van der Waals surface area contributed by atoms with Crippen molar-refractivity contribution in [1.82, 2.24) is 19.6 Å². The number of carbonyl (C=O) groups is 3. The van der Waals surface area contributed by atoms with Crippen LogP contribution in [0.5, 0.6) is 0 Å². The number of hydrogen-bond donors (Lipinski definition) is 2. The lowest BCUT2D eigenvalue weighted by Crippen LogP contribution is -2.49. The van der Waals surface area contributed by atoms with Crippen LogP contribution < -0.4 is 16.0 Å². The molecule has 0 spiro atoms. The van der Waals surface area contributed by atoms with Crippen molar-refractivity contribution in [2.75, 3.05) is 49.5 Å². The molecule has 37 heavy (non-hydrogen) atoms. The van der Waals surface area contributed by atoms with Crippen LogP contribution in [0.15, 0.2) is 30.5 Å². The minimum absolute atomic E-state index is 0.264. The molecule has 0 saturated carbocycles. The average molecular weight is 522 g/mol. The summed E-state index contributed by atoms with van der Waals surface area (Å²) in [5.41, 5.74) is 5.98. The summed E-state index contributed by atoms with van der Waals surface area (Å²) >= 11 is 0. The third-order valence-corrected chi connectivity index (χ3v) is 6.78. The number of carbonyl (C=O) groups excluding carboxylic acids is 3. The SMILES string of the molecule is CC(=O)Nc1ccn(C(=O)N2CCN(Cc3ccc(C(F)(F)F)cc3N3CCC(C(N)=O)CC3)CC2)n1. The Balaban J connectivity index is 1.42. The van der Waals surface area contributed by atoms with Gasteiger partial charge in [-0.25, -0.2) is 4.79 Å². The van der Waals surface area contributed by atoms with E-state index in [1.54, 1.807) is 4.90 Å². The maximum atomic E-state index is 13.5. The number of rotatable bonds is 5. The highest BCUT2D eigenvalue weighted by Crippen LogP contribution is 2.35. The van der Waals surface area contributed by atoms with Gasteiger partial charge in [0.05, 0.1) is 5.56 Å². The highest BCUT2D eigenvalue weighted by molar-refractivity contribution is 5.88. The van der Waals surface area contributed by atoms with Crippen molar-refractivity contribution in [3.8, 4) is 0 Å². The monoisotopic (exact) mass is 521 g/mol. The number of piperazine rings is 1. The molecular weight excluding hydrogens is 491 g/mol. The number of benzene rings is 1. The number of amides is 3. The number of nitrogens with zero attached hydrogens (tertiary/aromatic N) is 5. The molecule has 0 bridgehead atoms. The van der Waals surface area contributed by atoms with E-state index in [9.17, 15) is 27.6 Å². The molecule has 3 heterocycles. The van der Waals surface area contributed by atoms with Crippen LogP contribution in [0.1, 0.15) is 30.9 Å². The summed E-state index contributed by atoms with van der Waals surface area (Å²) in [4.78, 5) is 41.1. The van der Waals surface area contributed by atoms with Gasteiger partial charge in [-0.15, -0.1) is 5.10 Å². The summed E-state index contributed by atoms with van der Waals surface area (Å²) in [5, 5.41) is 6.60. The first kappa shape index (κ1) is 26.5. The molecular formula is C24H30F3N7O3. The van der Waals surface area contributed by atoms with Gasteiger partial charge in [0.25, 0.3) is 0 Å². The van der Waals surface area contributed by atoms with Crippen molar-refractivity contribution >= 4 is 29.4 Å². The number of halogens is 3. The summed E-state index contributed by atoms with van der Waals surface area (Å²) in [6.07, 6.45) is -1.97. The Kier molecular flexibility index (Phi) is 7.71. The van der Waals surface area contributed by atoms with Crippen molar-refractivity contribution in [2.24, 2.45) is 11.7 Å². The van der Waals surface area contributed by atoms with Gasteiger partial charge in [-0.3, -0.25) is 14.5 Å². The van der Waals surface area contributed by atoms with Crippen LogP contribution in [0, 0.1) is 5.92 Å². The first-order chi connectivity index (χ1) is 17.5. The van der Waals surface area contributed by atoms with E-state index in [2.05, 4.69) is 15.3 Å². The van der Waals surface area contributed by atoms with Crippen LogP contribution >= 0.6 is 0 Å². The molecule has 0 atom stereocenters. The normalized spacial score (nSPS) is 17.6. The third-order valence-electron chi connectivity index (χ3n) is 6.78. The van der Waals surface area contributed by atoms with Crippen LogP contribution in [-0.2, 0) is 22.3 Å². The summed E-state index contributed by atoms with van der Waals surface area (Å²) < 4.78 is 41.6. The number of primary amides is 1. The number of hydrogen-bond acceptors (Lipinski definition) is 6. The Bertz CT molecular complexity index is 1150. The molecule has 3 N–H and O–H groups in total. The van der Waals surface area contributed by atoms with E-state index in [1.807, 2.05) is 4.90 Å². The van der Waals surface area contributed by atoms with Crippen molar-refractivity contribution in [3.05, 3.63) is 41.6 Å². The molecule has 2 aromatic rings. The lowest BCUT2D eigenvalue weighted by atomic mass is 9.95. The van der Waals surface area contributed by atoms with Crippen molar-refractivity contribution in [1.29, 1.82) is 0 Å². The van der Waals surface area contributed by atoms with Crippen LogP contribution in [-0.4, -0.2) is 76.7 Å². The Morgan fingerprint density at radius 2 is 1.73 bits per heavy atom. The molecule has 2 aliphatic rings. The van der Waals surface area contributed by atoms with Gasteiger partial charge >= 0.3 is 12.2 Å². The second-order valence-corrected chi connectivity index (χ2v) is 9.38. The van der Waals surface area contributed by atoms with E-state index < -0.39 is 11.7 Å². The number of piperidine rings is 1. The van der Waals surface area contributed by atoms with Crippen LogP contribution in [0.25, 0.3) is 0 Å². The standard InChI is InChI=1S/C24H30F3N7O3/c1-16(35)29-21-6-9-34(30-21)23(37)33-12-10-31(11-13-33)15-18-2-3-19(24(25,26)27)14-20(18)32-7-4-17(5-8-32)22(28)36/h2-3,6,9,14,17H,4-5,7-8,10-13,15H2,1H3,(H2,28,36)(H,29,30,35). The Labute approximate surface area is 212 Å². The van der Waals surface area contributed by atoms with Crippen molar-refractivity contribution in [3.63, 3.8) is 0 Å². The maximum absolute atomic E-state index is 13.5. The van der Waals surface area contributed by atoms with Crippen LogP contribution in [0.3, 0.4) is 0 Å². The molecule has 1 aromatic carbocycles. The fourth-order valence-electron chi connectivity index (χ4n) is 4.73. The molecule has 2 fully saturated rings. The zero-order valence-electron chi connectivity index (χ0n) is 20.5. The van der Waals surface area contributed by atoms with Gasteiger partial charge < -0.3 is 20.9 Å². The Morgan fingerprint density at radius 1 is 1.05 bits per heavy atom. The molecule has 13 heteroatoms. The molecule has 2 saturated heterocycles. The van der Waals surface area contributed by atoms with E-state index >= 15 is 0 Å². The van der Waals surface area contributed by atoms with Gasteiger partial charge in [0.1, 0.15) is 0 Å². The highest BCUT2D eigenvalue weighted by Gasteiger charge is 2.33. The fourth-order valence-corrected chi connectivity index (χ4v) is 4.73. The quantitative estimate of drug-likeness (QED) is 0.624. The molecule has 1 aromatic heterocycles. The smallest absolute Gasteiger partial charge is 0.371 e. The predicted molar refractivity (Wildman–Crippen MR) is 130 cm³/mol. The summed E-state index contributed by atoms with van der Waals surface area (Å²) in [5.74, 6) is -0.640. The molecule has 0 aliphatic carbocycles. The molecule has 4 rings (SSSR count). The van der Waals surface area contributed by atoms with E-state index in [0.717, 1.165) is 11.6 Å². The number of alkyl halides is 3. The third kappa shape index (κ3) is 6.40. The minimum atomic E-state index is -4.46. The summed E-state index contributed by atoms with van der Waals surface area (Å²) in [6, 6.07) is 5.02. The van der Waals surface area contributed by atoms with Gasteiger partial charge in [-0.05, 0) is 30.5 Å². The van der Waals surface area contributed by atoms with E-state index in [-0.39, 0.29) is 29.6 Å². The average Bonchev–Trinajstić information content (AvgIpc) is 3.31. The molecule has 0 radical (unpaired) electrons. The Hall–Kier alpha value is -3.61. The first-order valence-corrected chi connectivity index (χ1v) is 12.1. The van der Waals surface area contributed by atoms with Crippen LogP contribution in [0.2, 0.25) is 0 Å². The van der Waals surface area contributed by atoms with Crippen molar-refractivity contribution < 1.29 is 27.6 Å². The first-order valence-electron chi connectivity index (χ1n) is 12.1. The number of anilines is 2. The summed E-state index contributed by atoms with van der Waals surface area (Å²) in [7, 11) is 0. The topological polar surface area (TPSA) is 117 Å². The van der Waals surface area contributed by atoms with Gasteiger partial charge in [0, 0.05) is 76.6 Å². The van der Waals surface area contributed by atoms with E-state index in [0.29, 0.717) is 64.3 Å². The van der Waals surface area contributed by atoms with Crippen LogP contribution in [0.4, 0.5) is 29.5 Å². The van der Waals surface area contributed by atoms with Crippen molar-refractivity contribution in [2.45, 2.75) is 32.5 Å². The second-order valence-electron chi connectivity index (χ2n) is 9.38. The fraction of sp³-hybridized carbons (Fsp3) is 0.500. The molecule has 2 aliphatic heterocycles. The lowest BCUT2D eigenvalue weighted by Gasteiger charge is -2.37. The van der Waals surface area contributed by atoms with Gasteiger partial charge in [0.2, 0.25) is 11.8 Å². The van der Waals surface area contributed by atoms with Gasteiger partial charge in [0.15, 0.2) is 5.82 Å². The molecule has 0 unspecified atom stereocenters. The van der Waals surface area contributed by atoms with Gasteiger partial charge in [-0.1, -0.05) is 6.07 Å². The largest absolute Gasteiger partial charge is 0.416 e. The second kappa shape index (κ2) is 10.8. The number of nitrogens with two attached hydrogens (primary N) is 1. The zero-order chi connectivity index (χ0) is 26.7. The van der Waals surface area contributed by atoms with E-state index in [1.165, 1.54) is 36.0 Å². The summed E-state index contributed by atoms with van der Waals surface area (Å²) in [6.45, 7) is 4.61. The molecule has 3 amide bonds. The molecule has 200 valence electrons. The van der Waals surface area contributed by atoms with Gasteiger partial charge in [-0.2, -0.15) is 17.9 Å². The maximum Gasteiger partial charge on any atom is 0.416 e.